The molecule has 0 saturated heterocycles. The van der Waals surface area contributed by atoms with Crippen molar-refractivity contribution in [1.29, 1.82) is 0 Å². The fraction of sp³-hybridized carbons (Fsp3) is 0.500. The Balaban J connectivity index is 2.73. The van der Waals surface area contributed by atoms with Gasteiger partial charge in [-0.05, 0) is 19.4 Å². The maximum atomic E-state index is 11.3. The first-order chi connectivity index (χ1) is 9.08. The number of aromatic nitrogens is 1. The molecule has 2 N–H and O–H groups in total. The third-order valence-corrected chi connectivity index (χ3v) is 2.75. The minimum Gasteiger partial charge on any atom is -0.465 e. The molecule has 0 aromatic carbocycles. The van der Waals surface area contributed by atoms with Gasteiger partial charge in [-0.1, -0.05) is 30.1 Å². The van der Waals surface area contributed by atoms with Crippen molar-refractivity contribution in [1.82, 2.24) is 4.98 Å². The summed E-state index contributed by atoms with van der Waals surface area (Å²) >= 11 is 12.0. The van der Waals surface area contributed by atoms with Gasteiger partial charge in [0.15, 0.2) is 0 Å². The molecule has 0 saturated carbocycles. The Morgan fingerprint density at radius 1 is 1.26 bits per heavy atom. The first-order valence-corrected chi connectivity index (χ1v) is 6.83. The molecule has 1 heterocycles. The number of carbonyl (C=O) groups is 1. The van der Waals surface area contributed by atoms with Gasteiger partial charge in [-0.3, -0.25) is 4.79 Å². The van der Waals surface area contributed by atoms with Crippen LogP contribution < -0.4 is 10.6 Å². The predicted octanol–water partition coefficient (Wildman–Crippen LogP) is 3.19. The summed E-state index contributed by atoms with van der Waals surface area (Å²) in [4.78, 5) is 15.5. The molecule has 0 aliphatic rings. The van der Waals surface area contributed by atoms with Crippen molar-refractivity contribution in [3.8, 4) is 0 Å². The van der Waals surface area contributed by atoms with Crippen LogP contribution in [0.1, 0.15) is 20.3 Å². The molecule has 0 fully saturated rings. The highest BCUT2D eigenvalue weighted by atomic mass is 35.5. The maximum Gasteiger partial charge on any atom is 0.325 e. The van der Waals surface area contributed by atoms with E-state index in [1.54, 1.807) is 13.0 Å². The molecular weight excluding hydrogens is 289 g/mol. The number of ether oxygens (including phenoxy) is 1. The fourth-order valence-corrected chi connectivity index (χ4v) is 1.82. The summed E-state index contributed by atoms with van der Waals surface area (Å²) in [6, 6.07) is 1.58. The van der Waals surface area contributed by atoms with Crippen LogP contribution in [0.15, 0.2) is 6.07 Å². The number of anilines is 2. The number of hydrogen-bond donors (Lipinski definition) is 2. The summed E-state index contributed by atoms with van der Waals surface area (Å²) in [5.41, 5.74) is 0. The third kappa shape index (κ3) is 5.12. The summed E-state index contributed by atoms with van der Waals surface area (Å²) in [5.74, 6) is 0.579. The van der Waals surface area contributed by atoms with Gasteiger partial charge in [0, 0.05) is 6.54 Å². The van der Waals surface area contributed by atoms with Gasteiger partial charge in [0.25, 0.3) is 0 Å². The highest BCUT2D eigenvalue weighted by molar-refractivity contribution is 6.37. The van der Waals surface area contributed by atoms with Gasteiger partial charge >= 0.3 is 5.97 Å². The van der Waals surface area contributed by atoms with Crippen molar-refractivity contribution in [2.24, 2.45) is 0 Å². The highest BCUT2D eigenvalue weighted by Gasteiger charge is 2.10. The first-order valence-electron chi connectivity index (χ1n) is 6.07. The quantitative estimate of drug-likeness (QED) is 0.758. The molecule has 19 heavy (non-hydrogen) atoms. The molecular formula is C12H17Cl2N3O2. The Kier molecular flexibility index (Phi) is 6.73. The van der Waals surface area contributed by atoms with Gasteiger partial charge in [-0.25, -0.2) is 4.98 Å². The number of hydrogen-bond acceptors (Lipinski definition) is 5. The number of carbonyl (C=O) groups excluding carboxylic acids is 1. The van der Waals surface area contributed by atoms with E-state index in [-0.39, 0.29) is 12.5 Å². The fourth-order valence-electron chi connectivity index (χ4n) is 1.33. The van der Waals surface area contributed by atoms with Crippen molar-refractivity contribution in [3.63, 3.8) is 0 Å². The molecule has 0 atom stereocenters. The topological polar surface area (TPSA) is 63.2 Å². The second kappa shape index (κ2) is 8.07. The minimum absolute atomic E-state index is 0.00934. The second-order valence-electron chi connectivity index (χ2n) is 3.73. The summed E-state index contributed by atoms with van der Waals surface area (Å²) in [5, 5.41) is 6.71. The van der Waals surface area contributed by atoms with Crippen LogP contribution in [0.2, 0.25) is 10.0 Å². The van der Waals surface area contributed by atoms with Gasteiger partial charge in [-0.15, -0.1) is 0 Å². The highest BCUT2D eigenvalue weighted by Crippen LogP contribution is 2.29. The van der Waals surface area contributed by atoms with E-state index in [2.05, 4.69) is 15.6 Å². The summed E-state index contributed by atoms with van der Waals surface area (Å²) < 4.78 is 4.81. The Labute approximate surface area is 122 Å². The van der Waals surface area contributed by atoms with Gasteiger partial charge in [0.05, 0.1) is 16.7 Å². The van der Waals surface area contributed by atoms with E-state index in [1.165, 1.54) is 0 Å². The largest absolute Gasteiger partial charge is 0.465 e. The number of nitrogens with one attached hydrogen (secondary N) is 2. The average Bonchev–Trinajstić information content (AvgIpc) is 2.37. The van der Waals surface area contributed by atoms with Gasteiger partial charge in [-0.2, -0.15) is 0 Å². The second-order valence-corrected chi connectivity index (χ2v) is 4.55. The van der Waals surface area contributed by atoms with Gasteiger partial charge < -0.3 is 15.4 Å². The van der Waals surface area contributed by atoms with E-state index in [9.17, 15) is 4.79 Å². The Bertz CT molecular complexity index is 441. The normalized spacial score (nSPS) is 10.1. The van der Waals surface area contributed by atoms with Crippen LogP contribution in [0.4, 0.5) is 11.6 Å². The van der Waals surface area contributed by atoms with Crippen molar-refractivity contribution < 1.29 is 9.53 Å². The molecule has 0 unspecified atom stereocenters. The summed E-state index contributed by atoms with van der Waals surface area (Å²) in [6.07, 6.45) is 0.951. The van der Waals surface area contributed by atoms with Gasteiger partial charge in [0.2, 0.25) is 0 Å². The lowest BCUT2D eigenvalue weighted by molar-refractivity contribution is -0.140. The number of nitrogens with zero attached hydrogens (tertiary/aromatic N) is 1. The van der Waals surface area contributed by atoms with E-state index in [0.29, 0.717) is 28.3 Å². The van der Waals surface area contributed by atoms with Crippen molar-refractivity contribution >= 4 is 40.8 Å². The minimum atomic E-state index is -0.363. The number of esters is 1. The van der Waals surface area contributed by atoms with Crippen LogP contribution in [-0.4, -0.2) is 30.6 Å². The third-order valence-electron chi connectivity index (χ3n) is 2.18. The molecule has 1 aromatic heterocycles. The van der Waals surface area contributed by atoms with Crippen molar-refractivity contribution in [3.05, 3.63) is 16.1 Å². The van der Waals surface area contributed by atoms with E-state index in [4.69, 9.17) is 27.9 Å². The predicted molar refractivity (Wildman–Crippen MR) is 78.2 cm³/mol. The molecule has 1 rings (SSSR count). The molecule has 0 spiro atoms. The van der Waals surface area contributed by atoms with Gasteiger partial charge in [0.1, 0.15) is 18.2 Å². The van der Waals surface area contributed by atoms with Crippen LogP contribution in [0.3, 0.4) is 0 Å². The van der Waals surface area contributed by atoms with Crippen LogP contribution in [0, 0.1) is 0 Å². The molecule has 0 radical (unpaired) electrons. The van der Waals surface area contributed by atoms with Crippen LogP contribution in [0.25, 0.3) is 0 Å². The molecule has 0 amide bonds. The lowest BCUT2D eigenvalue weighted by atomic mass is 10.4. The Hall–Kier alpha value is -1.20. The zero-order chi connectivity index (χ0) is 14.3. The monoisotopic (exact) mass is 305 g/mol. The average molecular weight is 306 g/mol. The van der Waals surface area contributed by atoms with Crippen LogP contribution in [0.5, 0.6) is 0 Å². The smallest absolute Gasteiger partial charge is 0.325 e. The number of rotatable bonds is 7. The van der Waals surface area contributed by atoms with Crippen molar-refractivity contribution in [2.75, 3.05) is 30.3 Å². The van der Waals surface area contributed by atoms with E-state index >= 15 is 0 Å². The van der Waals surface area contributed by atoms with Crippen molar-refractivity contribution in [2.45, 2.75) is 20.3 Å². The molecule has 5 nitrogen and oxygen atoms in total. The SMILES string of the molecule is CCCNc1nc(NCC(=O)OCC)c(Cl)cc1Cl. The molecule has 0 aliphatic carbocycles. The molecule has 1 aromatic rings. The van der Waals surface area contributed by atoms with E-state index in [0.717, 1.165) is 13.0 Å². The molecule has 106 valence electrons. The number of pyridine rings is 1. The van der Waals surface area contributed by atoms with Crippen LogP contribution in [-0.2, 0) is 9.53 Å². The van der Waals surface area contributed by atoms with Crippen LogP contribution >= 0.6 is 23.2 Å². The first kappa shape index (κ1) is 15.9. The lowest BCUT2D eigenvalue weighted by Gasteiger charge is -2.11. The zero-order valence-electron chi connectivity index (χ0n) is 10.9. The molecule has 0 aliphatic heterocycles. The number of halogens is 2. The Morgan fingerprint density at radius 3 is 2.47 bits per heavy atom. The molecule has 7 heteroatoms. The summed E-state index contributed by atoms with van der Waals surface area (Å²) in [7, 11) is 0. The Morgan fingerprint density at radius 2 is 1.89 bits per heavy atom. The summed E-state index contributed by atoms with van der Waals surface area (Å²) in [6.45, 7) is 4.89. The maximum absolute atomic E-state index is 11.3. The lowest BCUT2D eigenvalue weighted by Crippen LogP contribution is -2.18. The zero-order valence-corrected chi connectivity index (χ0v) is 12.4. The van der Waals surface area contributed by atoms with E-state index in [1.807, 2.05) is 6.92 Å². The molecule has 0 bridgehead atoms. The standard InChI is InChI=1S/C12H17Cl2N3O2/c1-3-5-15-11-8(13)6-9(14)12(17-11)16-7-10(18)19-4-2/h6H,3-5,7H2,1-2H3,(H2,15,16,17). The van der Waals surface area contributed by atoms with E-state index < -0.39 is 0 Å².